The molecule has 5 heteroatoms. The van der Waals surface area contributed by atoms with E-state index in [1.165, 1.54) is 24.4 Å². The summed E-state index contributed by atoms with van der Waals surface area (Å²) in [7, 11) is 0. The zero-order valence-corrected chi connectivity index (χ0v) is 10.0. The van der Waals surface area contributed by atoms with Crippen molar-refractivity contribution in [2.24, 2.45) is 0 Å². The van der Waals surface area contributed by atoms with Crippen molar-refractivity contribution in [3.05, 3.63) is 51.6 Å². The molecule has 0 aliphatic rings. The van der Waals surface area contributed by atoms with Crippen molar-refractivity contribution in [1.82, 2.24) is 4.98 Å². The maximum atomic E-state index is 13.4. The molecule has 1 aromatic carbocycles. The van der Waals surface area contributed by atoms with Gasteiger partial charge in [0, 0.05) is 20.9 Å². The van der Waals surface area contributed by atoms with Crippen molar-refractivity contribution in [3.63, 3.8) is 0 Å². The van der Waals surface area contributed by atoms with Gasteiger partial charge in [0.25, 0.3) is 0 Å². The predicted molar refractivity (Wildman–Crippen MR) is 62.3 cm³/mol. The third-order valence-corrected chi connectivity index (χ3v) is 2.64. The third kappa shape index (κ3) is 2.04. The van der Waals surface area contributed by atoms with Gasteiger partial charge in [0.1, 0.15) is 0 Å². The summed E-state index contributed by atoms with van der Waals surface area (Å²) in [4.78, 5) is 3.46. The van der Waals surface area contributed by atoms with Crippen LogP contribution in [0.1, 0.15) is 0 Å². The molecule has 0 amide bonds. The number of benzene rings is 1. The number of hydrogen-bond acceptors (Lipinski definition) is 1. The smallest absolute Gasteiger partial charge is 0.220 e. The predicted octanol–water partition coefficient (Wildman–Crippen LogP) is 3.77. The quantitative estimate of drug-likeness (QED) is 0.571. The van der Waals surface area contributed by atoms with Crippen molar-refractivity contribution < 1.29 is 13.2 Å². The molecule has 0 bridgehead atoms. The fourth-order valence-corrected chi connectivity index (χ4v) is 1.77. The molecule has 1 heterocycles. The molecule has 0 unspecified atom stereocenters. The lowest BCUT2D eigenvalue weighted by atomic mass is 10.1. The van der Waals surface area contributed by atoms with Gasteiger partial charge >= 0.3 is 0 Å². The summed E-state index contributed by atoms with van der Waals surface area (Å²) in [6, 6.07) is 5.04. The van der Waals surface area contributed by atoms with E-state index in [0.29, 0.717) is 3.57 Å². The van der Waals surface area contributed by atoms with Crippen molar-refractivity contribution in [1.29, 1.82) is 0 Å². The highest BCUT2D eigenvalue weighted by molar-refractivity contribution is 14.1. The van der Waals surface area contributed by atoms with Gasteiger partial charge in [-0.3, -0.25) is 0 Å². The fourth-order valence-electron chi connectivity index (χ4n) is 1.32. The first-order chi connectivity index (χ1) is 7.59. The van der Waals surface area contributed by atoms with E-state index >= 15 is 0 Å². The fraction of sp³-hybridized carbons (Fsp3) is 0. The van der Waals surface area contributed by atoms with Crippen LogP contribution in [0.3, 0.4) is 0 Å². The summed E-state index contributed by atoms with van der Waals surface area (Å²) in [5.74, 6) is -2.88. The van der Waals surface area contributed by atoms with Gasteiger partial charge in [0.2, 0.25) is 5.95 Å². The zero-order chi connectivity index (χ0) is 11.7. The van der Waals surface area contributed by atoms with Gasteiger partial charge in [-0.2, -0.15) is 4.39 Å². The third-order valence-electron chi connectivity index (χ3n) is 2.05. The van der Waals surface area contributed by atoms with Gasteiger partial charge in [0.05, 0.1) is 0 Å². The van der Waals surface area contributed by atoms with Crippen molar-refractivity contribution in [2.45, 2.75) is 0 Å². The second kappa shape index (κ2) is 4.40. The lowest BCUT2D eigenvalue weighted by Gasteiger charge is -2.05. The SMILES string of the molecule is Fc1cccc(-c2cc(I)cnc2F)c1F. The Hall–Kier alpha value is -1.11. The molecule has 82 valence electrons. The minimum atomic E-state index is -1.06. The van der Waals surface area contributed by atoms with Gasteiger partial charge < -0.3 is 0 Å². The zero-order valence-electron chi connectivity index (χ0n) is 7.85. The average molecular weight is 335 g/mol. The number of nitrogens with zero attached hydrogens (tertiary/aromatic N) is 1. The minimum absolute atomic E-state index is 0.0381. The van der Waals surface area contributed by atoms with E-state index in [0.717, 1.165) is 6.07 Å². The molecule has 0 N–H and O–H groups in total. The standard InChI is InChI=1S/C11H5F3IN/c12-9-3-1-2-7(10(9)13)8-4-6(15)5-16-11(8)14/h1-5H. The lowest BCUT2D eigenvalue weighted by molar-refractivity contribution is 0.509. The second-order valence-corrected chi connectivity index (χ2v) is 4.34. The molecule has 0 aliphatic carbocycles. The molecule has 2 aromatic rings. The number of rotatable bonds is 1. The summed E-state index contributed by atoms with van der Waals surface area (Å²) in [6.07, 6.45) is 1.32. The van der Waals surface area contributed by atoms with E-state index in [2.05, 4.69) is 4.98 Å². The molecular formula is C11H5F3IN. The normalized spacial score (nSPS) is 10.5. The van der Waals surface area contributed by atoms with Crippen molar-refractivity contribution in [3.8, 4) is 11.1 Å². The van der Waals surface area contributed by atoms with E-state index < -0.39 is 17.6 Å². The van der Waals surface area contributed by atoms with Gasteiger partial charge in [-0.15, -0.1) is 0 Å². The van der Waals surface area contributed by atoms with E-state index in [1.807, 2.05) is 22.6 Å². The minimum Gasteiger partial charge on any atom is -0.227 e. The van der Waals surface area contributed by atoms with E-state index in [9.17, 15) is 13.2 Å². The first-order valence-electron chi connectivity index (χ1n) is 4.35. The van der Waals surface area contributed by atoms with E-state index in [4.69, 9.17) is 0 Å². The highest BCUT2D eigenvalue weighted by Gasteiger charge is 2.14. The maximum Gasteiger partial charge on any atom is 0.220 e. The average Bonchev–Trinajstić information content (AvgIpc) is 2.26. The van der Waals surface area contributed by atoms with Gasteiger partial charge in [-0.1, -0.05) is 12.1 Å². The first kappa shape index (κ1) is 11.4. The number of aromatic nitrogens is 1. The van der Waals surface area contributed by atoms with Crippen LogP contribution >= 0.6 is 22.6 Å². The molecule has 1 aromatic heterocycles. The van der Waals surface area contributed by atoms with E-state index in [-0.39, 0.29) is 11.1 Å². The summed E-state index contributed by atoms with van der Waals surface area (Å²) < 4.78 is 40.4. The highest BCUT2D eigenvalue weighted by Crippen LogP contribution is 2.27. The molecule has 1 nitrogen and oxygen atoms in total. The molecule has 0 radical (unpaired) electrons. The molecule has 16 heavy (non-hydrogen) atoms. The molecule has 0 saturated heterocycles. The Labute approximate surface area is 103 Å². The summed E-state index contributed by atoms with van der Waals surface area (Å²) in [5.41, 5.74) is -0.160. The molecule has 0 aliphatic heterocycles. The Morgan fingerprint density at radius 1 is 1.06 bits per heavy atom. The molecule has 0 atom stereocenters. The Kier molecular flexibility index (Phi) is 3.13. The van der Waals surface area contributed by atoms with Crippen LogP contribution in [0.25, 0.3) is 11.1 Å². The molecular weight excluding hydrogens is 330 g/mol. The van der Waals surface area contributed by atoms with Crippen molar-refractivity contribution in [2.75, 3.05) is 0 Å². The molecule has 2 rings (SSSR count). The van der Waals surface area contributed by atoms with Crippen LogP contribution in [0.5, 0.6) is 0 Å². The van der Waals surface area contributed by atoms with E-state index in [1.54, 1.807) is 0 Å². The Balaban J connectivity index is 2.67. The Morgan fingerprint density at radius 3 is 2.56 bits per heavy atom. The summed E-state index contributed by atoms with van der Waals surface area (Å²) in [6.45, 7) is 0. The largest absolute Gasteiger partial charge is 0.227 e. The Bertz CT molecular complexity index is 543. The van der Waals surface area contributed by atoms with Gasteiger partial charge in [0.15, 0.2) is 11.6 Å². The molecule has 0 saturated carbocycles. The van der Waals surface area contributed by atoms with Crippen LogP contribution in [0.4, 0.5) is 13.2 Å². The molecule has 0 spiro atoms. The van der Waals surface area contributed by atoms with Crippen LogP contribution in [-0.4, -0.2) is 4.98 Å². The number of hydrogen-bond donors (Lipinski definition) is 0. The molecule has 0 fully saturated rings. The van der Waals surface area contributed by atoms with Crippen LogP contribution in [-0.2, 0) is 0 Å². The lowest BCUT2D eigenvalue weighted by Crippen LogP contribution is -1.94. The Morgan fingerprint density at radius 2 is 1.81 bits per heavy atom. The van der Waals surface area contributed by atoms with Crippen LogP contribution in [0, 0.1) is 21.2 Å². The summed E-state index contributed by atoms with van der Waals surface area (Å²) >= 11 is 1.92. The van der Waals surface area contributed by atoms with Crippen molar-refractivity contribution >= 4 is 22.6 Å². The maximum absolute atomic E-state index is 13.4. The number of pyridine rings is 1. The van der Waals surface area contributed by atoms with Gasteiger partial charge in [-0.05, 0) is 34.7 Å². The van der Waals surface area contributed by atoms with Crippen LogP contribution < -0.4 is 0 Å². The van der Waals surface area contributed by atoms with Crippen LogP contribution in [0.15, 0.2) is 30.5 Å². The monoisotopic (exact) mass is 335 g/mol. The van der Waals surface area contributed by atoms with Crippen LogP contribution in [0.2, 0.25) is 0 Å². The number of halogens is 4. The second-order valence-electron chi connectivity index (χ2n) is 3.09. The topological polar surface area (TPSA) is 12.9 Å². The summed E-state index contributed by atoms with van der Waals surface area (Å²) in [5, 5.41) is 0. The first-order valence-corrected chi connectivity index (χ1v) is 5.43. The highest BCUT2D eigenvalue weighted by atomic mass is 127. The van der Waals surface area contributed by atoms with Gasteiger partial charge in [-0.25, -0.2) is 13.8 Å².